The Bertz CT molecular complexity index is 1010. The van der Waals surface area contributed by atoms with E-state index in [0.29, 0.717) is 11.5 Å². The van der Waals surface area contributed by atoms with Crippen molar-refractivity contribution in [2.45, 2.75) is 36.1 Å². The van der Waals surface area contributed by atoms with Gasteiger partial charge in [-0.15, -0.1) is 0 Å². The van der Waals surface area contributed by atoms with Crippen LogP contribution in [0.5, 0.6) is 11.5 Å². The second-order valence-corrected chi connectivity index (χ2v) is 10.8. The van der Waals surface area contributed by atoms with E-state index >= 15 is 0 Å². The Kier molecular flexibility index (Phi) is 3.02. The predicted molar refractivity (Wildman–Crippen MR) is 99.1 cm³/mol. The van der Waals surface area contributed by atoms with Crippen LogP contribution in [0.2, 0.25) is 0 Å². The summed E-state index contributed by atoms with van der Waals surface area (Å²) >= 11 is 5.76. The molecule has 0 aliphatic carbocycles. The van der Waals surface area contributed by atoms with E-state index in [9.17, 15) is 14.9 Å². The number of hydrogen-bond acceptors (Lipinski definition) is 6. The minimum absolute atomic E-state index is 0.141. The summed E-state index contributed by atoms with van der Waals surface area (Å²) in [7, 11) is 0.689. The Hall–Kier alpha value is -2.18. The molecule has 3 saturated heterocycles. The molecule has 2 bridgehead atoms. The molecule has 4 aliphatic heterocycles. The smallest absolute Gasteiger partial charge is 0.261 e. The minimum Gasteiger partial charge on any atom is -0.454 e. The second kappa shape index (κ2) is 4.80. The molecule has 2 unspecified atom stereocenters. The summed E-state index contributed by atoms with van der Waals surface area (Å²) in [4.78, 5) is 27.6. The van der Waals surface area contributed by atoms with Crippen molar-refractivity contribution >= 4 is 32.5 Å². The quantitative estimate of drug-likeness (QED) is 0.701. The Labute approximate surface area is 163 Å². The van der Waals surface area contributed by atoms with Crippen LogP contribution < -0.4 is 9.47 Å². The number of carbonyl (C=O) groups is 2. The molecular formula is C18H17N3O4S2. The van der Waals surface area contributed by atoms with Crippen LogP contribution in [-0.2, 0) is 30.2 Å². The fourth-order valence-corrected chi connectivity index (χ4v) is 8.44. The third-order valence-electron chi connectivity index (χ3n) is 6.39. The molecule has 0 saturated carbocycles. The van der Waals surface area contributed by atoms with E-state index in [1.165, 1.54) is 4.90 Å². The fraction of sp³-hybridized carbons (Fsp3) is 0.500. The summed E-state index contributed by atoms with van der Waals surface area (Å²) in [5, 5.41) is 10.0. The molecule has 5 rings (SSSR count). The van der Waals surface area contributed by atoms with Crippen LogP contribution >= 0.6 is 0 Å². The number of fused-ring (bicyclic) bond motifs is 2. The number of likely N-dealkylation sites (N-methyl/N-ethyl adjacent to an activating group) is 1. The molecule has 140 valence electrons. The number of carbonyl (C=O) groups excluding carboxylic acids is 2. The van der Waals surface area contributed by atoms with Gasteiger partial charge in [0.15, 0.2) is 21.2 Å². The van der Waals surface area contributed by atoms with Gasteiger partial charge in [-0.25, -0.2) is 0 Å². The number of nitrogens with zero attached hydrogens (tertiary/aromatic N) is 3. The standard InChI is InChI=1S/C18H17N3O4S2/c1-16(8-19)7-18-15(23)20(3)17(2,27(18)26)14(22)21(18)13(16)10-4-5-11-12(6-10)25-9-24-11/h4-6,13H,7,9H2,1-3H3/t13?,16-,17-,18-,27?/m1/s1. The van der Waals surface area contributed by atoms with E-state index in [4.69, 9.17) is 20.7 Å². The van der Waals surface area contributed by atoms with Gasteiger partial charge in [0.25, 0.3) is 11.8 Å². The average molecular weight is 403 g/mol. The number of amides is 2. The molecule has 27 heavy (non-hydrogen) atoms. The van der Waals surface area contributed by atoms with Crippen LogP contribution in [0.1, 0.15) is 31.9 Å². The maximum Gasteiger partial charge on any atom is 0.261 e. The Balaban J connectivity index is 1.73. The summed E-state index contributed by atoms with van der Waals surface area (Å²) in [6.07, 6.45) is 0.243. The van der Waals surface area contributed by atoms with Crippen LogP contribution in [0.4, 0.5) is 0 Å². The summed E-state index contributed by atoms with van der Waals surface area (Å²) in [6.45, 7) is 3.69. The van der Waals surface area contributed by atoms with E-state index in [1.807, 2.05) is 6.07 Å². The molecule has 1 aromatic carbocycles. The predicted octanol–water partition coefficient (Wildman–Crippen LogP) is 1.20. The first-order chi connectivity index (χ1) is 12.7. The summed E-state index contributed by atoms with van der Waals surface area (Å²) in [5.41, 5.74) is -0.178. The third kappa shape index (κ3) is 1.61. The van der Waals surface area contributed by atoms with Crippen LogP contribution in [0.15, 0.2) is 18.2 Å². The van der Waals surface area contributed by atoms with Gasteiger partial charge >= 0.3 is 0 Å². The number of piperazine rings is 1. The molecule has 2 amide bonds. The van der Waals surface area contributed by atoms with Gasteiger partial charge in [-0.3, -0.25) is 9.59 Å². The van der Waals surface area contributed by atoms with Crippen molar-refractivity contribution in [3.8, 4) is 17.6 Å². The fourth-order valence-electron chi connectivity index (χ4n) is 4.92. The van der Waals surface area contributed by atoms with Gasteiger partial charge in [0.2, 0.25) is 6.79 Å². The van der Waals surface area contributed by atoms with Crippen molar-refractivity contribution in [2.75, 3.05) is 13.8 Å². The van der Waals surface area contributed by atoms with E-state index < -0.39 is 30.7 Å². The lowest BCUT2D eigenvalue weighted by Gasteiger charge is -2.39. The normalized spacial score (nSPS) is 41.3. The van der Waals surface area contributed by atoms with Gasteiger partial charge in [0.1, 0.15) is 0 Å². The molecule has 0 N–H and O–H groups in total. The molecule has 7 nitrogen and oxygen atoms in total. The molecule has 5 atom stereocenters. The molecule has 0 aromatic heterocycles. The highest BCUT2D eigenvalue weighted by molar-refractivity contribution is 8.31. The SMILES string of the molecule is CN1C(=O)[C@]23C[C@](C)(C#N)C(c4ccc5c(c4)OCO5)N2C(=O)[C@@]1(C)S3=S. The maximum atomic E-state index is 13.5. The lowest BCUT2D eigenvalue weighted by molar-refractivity contribution is -0.159. The van der Waals surface area contributed by atoms with E-state index in [0.717, 1.165) is 5.56 Å². The van der Waals surface area contributed by atoms with E-state index in [1.54, 1.807) is 37.9 Å². The van der Waals surface area contributed by atoms with Crippen molar-refractivity contribution in [2.24, 2.45) is 5.41 Å². The van der Waals surface area contributed by atoms with E-state index in [-0.39, 0.29) is 25.0 Å². The van der Waals surface area contributed by atoms with Crippen molar-refractivity contribution < 1.29 is 19.1 Å². The van der Waals surface area contributed by atoms with Crippen LogP contribution in [0.25, 0.3) is 0 Å². The molecule has 3 fully saturated rings. The largest absolute Gasteiger partial charge is 0.454 e. The number of benzene rings is 1. The van der Waals surface area contributed by atoms with Crippen molar-refractivity contribution in [1.29, 1.82) is 5.26 Å². The van der Waals surface area contributed by atoms with Crippen LogP contribution in [0, 0.1) is 16.7 Å². The molecule has 1 aromatic rings. The highest BCUT2D eigenvalue weighted by Gasteiger charge is 2.80. The maximum absolute atomic E-state index is 13.5. The molecule has 0 radical (unpaired) electrons. The molecule has 9 heteroatoms. The Morgan fingerprint density at radius 3 is 2.67 bits per heavy atom. The first kappa shape index (κ1) is 17.0. The van der Waals surface area contributed by atoms with Gasteiger partial charge in [-0.05, 0) is 42.7 Å². The summed E-state index contributed by atoms with van der Waals surface area (Å²) in [6, 6.07) is 7.23. The Morgan fingerprint density at radius 1 is 1.26 bits per heavy atom. The topological polar surface area (TPSA) is 82.9 Å². The molecule has 1 spiro atoms. The molecule has 4 heterocycles. The van der Waals surface area contributed by atoms with Gasteiger partial charge in [0.05, 0.1) is 17.5 Å². The van der Waals surface area contributed by atoms with Crippen molar-refractivity contribution in [3.63, 3.8) is 0 Å². The van der Waals surface area contributed by atoms with E-state index in [2.05, 4.69) is 6.07 Å². The molecule has 4 aliphatic rings. The van der Waals surface area contributed by atoms with Crippen LogP contribution in [0.3, 0.4) is 0 Å². The van der Waals surface area contributed by atoms with Crippen molar-refractivity contribution in [1.82, 2.24) is 9.80 Å². The zero-order valence-electron chi connectivity index (χ0n) is 15.0. The molecular weight excluding hydrogens is 386 g/mol. The Morgan fingerprint density at radius 2 is 1.96 bits per heavy atom. The first-order valence-electron chi connectivity index (χ1n) is 8.56. The number of nitriles is 1. The lowest BCUT2D eigenvalue weighted by Crippen LogP contribution is -2.60. The van der Waals surface area contributed by atoms with Gasteiger partial charge < -0.3 is 19.3 Å². The highest BCUT2D eigenvalue weighted by Crippen LogP contribution is 2.65. The third-order valence-corrected chi connectivity index (χ3v) is 10.5. The number of ether oxygens (including phenoxy) is 2. The zero-order chi connectivity index (χ0) is 19.4. The average Bonchev–Trinajstić information content (AvgIpc) is 3.31. The van der Waals surface area contributed by atoms with Gasteiger partial charge in [-0.1, -0.05) is 15.5 Å². The second-order valence-electron chi connectivity index (χ2n) is 7.80. The number of hydrogen-bond donors (Lipinski definition) is 0. The lowest BCUT2D eigenvalue weighted by atomic mass is 9.79. The highest BCUT2D eigenvalue weighted by atomic mass is 32.8. The zero-order valence-corrected chi connectivity index (χ0v) is 16.6. The monoisotopic (exact) mass is 403 g/mol. The van der Waals surface area contributed by atoms with Crippen LogP contribution in [-0.4, -0.2) is 45.2 Å². The number of rotatable bonds is 1. The van der Waals surface area contributed by atoms with Crippen molar-refractivity contribution in [3.05, 3.63) is 23.8 Å². The van der Waals surface area contributed by atoms with Gasteiger partial charge in [-0.2, -0.15) is 5.26 Å². The first-order valence-corrected chi connectivity index (χ1v) is 10.7. The minimum atomic E-state index is -1.12. The van der Waals surface area contributed by atoms with Gasteiger partial charge in [0, 0.05) is 13.5 Å². The summed E-state index contributed by atoms with van der Waals surface area (Å²) in [5.74, 6) is 0.875. The summed E-state index contributed by atoms with van der Waals surface area (Å²) < 4.78 is 10.8.